The zero-order valence-electron chi connectivity index (χ0n) is 9.15. The van der Waals surface area contributed by atoms with Gasteiger partial charge in [0.1, 0.15) is 15.6 Å². The number of hydrogen-bond donors (Lipinski definition) is 0. The van der Waals surface area contributed by atoms with Gasteiger partial charge >= 0.3 is 0 Å². The molecule has 0 saturated heterocycles. The van der Waals surface area contributed by atoms with Gasteiger partial charge in [-0.1, -0.05) is 13.0 Å². The minimum Gasteiger partial charge on any atom is -0.494 e. The van der Waals surface area contributed by atoms with Gasteiger partial charge in [-0.15, -0.1) is 0 Å². The van der Waals surface area contributed by atoms with E-state index in [0.717, 1.165) is 9.32 Å². The van der Waals surface area contributed by atoms with Crippen LogP contribution < -0.4 is 4.74 Å². The topological polar surface area (TPSA) is 43.4 Å². The van der Waals surface area contributed by atoms with Crippen LogP contribution in [-0.2, 0) is 9.84 Å². The molecule has 1 rings (SSSR count). The molecule has 0 saturated carbocycles. The SMILES string of the molecule is CCS(=O)(=O)CCCOc1cccc(I)c1. The highest BCUT2D eigenvalue weighted by molar-refractivity contribution is 14.1. The Kier molecular flexibility index (Phi) is 5.54. The molecular formula is C11H15IO3S. The van der Waals surface area contributed by atoms with Crippen LogP contribution in [-0.4, -0.2) is 26.5 Å². The van der Waals surface area contributed by atoms with E-state index in [1.54, 1.807) is 6.92 Å². The zero-order valence-corrected chi connectivity index (χ0v) is 12.1. The summed E-state index contributed by atoms with van der Waals surface area (Å²) >= 11 is 2.21. The van der Waals surface area contributed by atoms with Crippen molar-refractivity contribution in [1.82, 2.24) is 0 Å². The molecule has 0 heterocycles. The highest BCUT2D eigenvalue weighted by Crippen LogP contribution is 2.14. The van der Waals surface area contributed by atoms with Gasteiger partial charge in [0, 0.05) is 9.32 Å². The van der Waals surface area contributed by atoms with Crippen molar-refractivity contribution in [2.45, 2.75) is 13.3 Å². The molecule has 0 fully saturated rings. The van der Waals surface area contributed by atoms with Crippen molar-refractivity contribution in [2.75, 3.05) is 18.1 Å². The minimum absolute atomic E-state index is 0.202. The summed E-state index contributed by atoms with van der Waals surface area (Å²) in [6.07, 6.45) is 0.543. The van der Waals surface area contributed by atoms with Gasteiger partial charge in [0.25, 0.3) is 0 Å². The fourth-order valence-corrected chi connectivity index (χ4v) is 2.53. The lowest BCUT2D eigenvalue weighted by Gasteiger charge is -2.06. The van der Waals surface area contributed by atoms with E-state index in [4.69, 9.17) is 4.74 Å². The molecule has 0 unspecified atom stereocenters. The van der Waals surface area contributed by atoms with Gasteiger partial charge in [0.15, 0.2) is 0 Å². The van der Waals surface area contributed by atoms with Crippen LogP contribution in [0.4, 0.5) is 0 Å². The van der Waals surface area contributed by atoms with Crippen molar-refractivity contribution in [2.24, 2.45) is 0 Å². The molecule has 0 spiro atoms. The Morgan fingerprint density at radius 2 is 2.12 bits per heavy atom. The normalized spacial score (nSPS) is 11.4. The van der Waals surface area contributed by atoms with Crippen LogP contribution in [0.3, 0.4) is 0 Å². The van der Waals surface area contributed by atoms with Gasteiger partial charge in [0.05, 0.1) is 12.4 Å². The molecule has 0 aliphatic carbocycles. The molecule has 1 aromatic carbocycles. The first-order chi connectivity index (χ1) is 7.53. The number of rotatable bonds is 6. The molecule has 5 heteroatoms. The number of sulfone groups is 1. The maximum atomic E-state index is 11.2. The van der Waals surface area contributed by atoms with E-state index in [2.05, 4.69) is 22.6 Å². The Labute approximate surface area is 110 Å². The average Bonchev–Trinajstić information content (AvgIpc) is 2.25. The second-order valence-corrected chi connectivity index (χ2v) is 7.11. The zero-order chi connectivity index (χ0) is 12.0. The summed E-state index contributed by atoms with van der Waals surface area (Å²) in [6.45, 7) is 2.11. The molecule has 16 heavy (non-hydrogen) atoms. The highest BCUT2D eigenvalue weighted by atomic mass is 127. The molecule has 0 aliphatic heterocycles. The smallest absolute Gasteiger partial charge is 0.150 e. The first-order valence-corrected chi connectivity index (χ1v) is 8.02. The van der Waals surface area contributed by atoms with Crippen LogP contribution in [0.5, 0.6) is 5.75 Å². The van der Waals surface area contributed by atoms with Crippen LogP contribution in [0.2, 0.25) is 0 Å². The summed E-state index contributed by atoms with van der Waals surface area (Å²) in [7, 11) is -2.86. The second kappa shape index (κ2) is 6.44. The van der Waals surface area contributed by atoms with Crippen molar-refractivity contribution in [3.63, 3.8) is 0 Å². The molecule has 0 bridgehead atoms. The first-order valence-electron chi connectivity index (χ1n) is 5.12. The summed E-state index contributed by atoms with van der Waals surface area (Å²) in [6, 6.07) is 7.69. The van der Waals surface area contributed by atoms with Gasteiger partial charge in [-0.05, 0) is 47.2 Å². The summed E-state index contributed by atoms with van der Waals surface area (Å²) in [5.74, 6) is 1.20. The highest BCUT2D eigenvalue weighted by Gasteiger charge is 2.06. The Morgan fingerprint density at radius 3 is 2.75 bits per heavy atom. The first kappa shape index (κ1) is 13.8. The standard InChI is InChI=1S/C11H15IO3S/c1-2-16(13,14)8-4-7-15-11-6-3-5-10(12)9-11/h3,5-6,9H,2,4,7-8H2,1H3. The maximum absolute atomic E-state index is 11.2. The van der Waals surface area contributed by atoms with E-state index in [1.807, 2.05) is 24.3 Å². The van der Waals surface area contributed by atoms with Crippen molar-refractivity contribution < 1.29 is 13.2 Å². The third-order valence-electron chi connectivity index (χ3n) is 2.10. The van der Waals surface area contributed by atoms with Crippen molar-refractivity contribution in [3.8, 4) is 5.75 Å². The molecule has 0 amide bonds. The van der Waals surface area contributed by atoms with E-state index in [-0.39, 0.29) is 11.5 Å². The van der Waals surface area contributed by atoms with Gasteiger partial charge in [-0.2, -0.15) is 0 Å². The lowest BCUT2D eigenvalue weighted by Crippen LogP contribution is -2.11. The van der Waals surface area contributed by atoms with E-state index in [0.29, 0.717) is 13.0 Å². The van der Waals surface area contributed by atoms with Gasteiger partial charge in [-0.3, -0.25) is 0 Å². The van der Waals surface area contributed by atoms with E-state index < -0.39 is 9.84 Å². The Balaban J connectivity index is 2.32. The third kappa shape index (κ3) is 5.16. The van der Waals surface area contributed by atoms with E-state index >= 15 is 0 Å². The third-order valence-corrected chi connectivity index (χ3v) is 4.57. The summed E-state index contributed by atoms with van der Waals surface area (Å²) in [5, 5.41) is 0. The van der Waals surface area contributed by atoms with Crippen LogP contribution >= 0.6 is 22.6 Å². The lowest BCUT2D eigenvalue weighted by molar-refractivity contribution is 0.317. The Bertz CT molecular complexity index is 429. The van der Waals surface area contributed by atoms with Crippen LogP contribution in [0, 0.1) is 3.57 Å². The summed E-state index contributed by atoms with van der Waals surface area (Å²) in [5.41, 5.74) is 0. The van der Waals surface area contributed by atoms with Gasteiger partial charge in [0.2, 0.25) is 0 Å². The average molecular weight is 354 g/mol. The predicted octanol–water partition coefficient (Wildman–Crippen LogP) is 2.49. The monoisotopic (exact) mass is 354 g/mol. The van der Waals surface area contributed by atoms with Crippen LogP contribution in [0.25, 0.3) is 0 Å². The molecule has 0 N–H and O–H groups in total. The Hall–Kier alpha value is -0.300. The number of halogens is 1. The quantitative estimate of drug-likeness (QED) is 0.582. The molecule has 1 aromatic rings. The van der Waals surface area contributed by atoms with E-state index in [9.17, 15) is 8.42 Å². The Morgan fingerprint density at radius 1 is 1.38 bits per heavy atom. The molecule has 3 nitrogen and oxygen atoms in total. The largest absolute Gasteiger partial charge is 0.494 e. The fourth-order valence-electron chi connectivity index (χ4n) is 1.17. The van der Waals surface area contributed by atoms with Crippen molar-refractivity contribution in [1.29, 1.82) is 0 Å². The molecule has 0 aromatic heterocycles. The molecular weight excluding hydrogens is 339 g/mol. The van der Waals surface area contributed by atoms with Gasteiger partial charge in [-0.25, -0.2) is 8.42 Å². The number of hydrogen-bond acceptors (Lipinski definition) is 3. The van der Waals surface area contributed by atoms with Crippen molar-refractivity contribution >= 4 is 32.4 Å². The second-order valence-electron chi connectivity index (χ2n) is 3.40. The number of ether oxygens (including phenoxy) is 1. The van der Waals surface area contributed by atoms with E-state index in [1.165, 1.54) is 0 Å². The maximum Gasteiger partial charge on any atom is 0.150 e. The minimum atomic E-state index is -2.86. The summed E-state index contributed by atoms with van der Waals surface area (Å²) < 4.78 is 29.0. The predicted molar refractivity (Wildman–Crippen MR) is 73.6 cm³/mol. The molecule has 0 atom stereocenters. The molecule has 0 aliphatic rings. The molecule has 90 valence electrons. The summed E-state index contributed by atoms with van der Waals surface area (Å²) in [4.78, 5) is 0. The van der Waals surface area contributed by atoms with Gasteiger partial charge < -0.3 is 4.74 Å². The fraction of sp³-hybridized carbons (Fsp3) is 0.455. The number of benzene rings is 1. The van der Waals surface area contributed by atoms with Crippen molar-refractivity contribution in [3.05, 3.63) is 27.8 Å². The van der Waals surface area contributed by atoms with Crippen LogP contribution in [0.1, 0.15) is 13.3 Å². The molecule has 0 radical (unpaired) electrons. The lowest BCUT2D eigenvalue weighted by atomic mass is 10.3. The van der Waals surface area contributed by atoms with Crippen LogP contribution in [0.15, 0.2) is 24.3 Å².